The van der Waals surface area contributed by atoms with Gasteiger partial charge in [-0.25, -0.2) is 0 Å². The largest absolute Gasteiger partial charge is 0.399 e. The molecule has 1 amide bonds. The van der Waals surface area contributed by atoms with Gasteiger partial charge in [-0.3, -0.25) is 9.69 Å². The maximum absolute atomic E-state index is 11.5. The first-order chi connectivity index (χ1) is 10.1. The van der Waals surface area contributed by atoms with Crippen molar-refractivity contribution in [2.45, 2.75) is 51.6 Å². The number of carbonyl (C=O) groups is 1. The third-order valence-electron chi connectivity index (χ3n) is 4.59. The van der Waals surface area contributed by atoms with E-state index in [-0.39, 0.29) is 5.91 Å². The Morgan fingerprint density at radius 2 is 1.90 bits per heavy atom. The number of primary amides is 1. The van der Waals surface area contributed by atoms with Crippen LogP contribution < -0.4 is 11.5 Å². The molecular formula is C17H27N3O. The summed E-state index contributed by atoms with van der Waals surface area (Å²) in [7, 11) is 0. The molecule has 21 heavy (non-hydrogen) atoms. The zero-order valence-electron chi connectivity index (χ0n) is 12.9. The van der Waals surface area contributed by atoms with Crippen LogP contribution in [0.2, 0.25) is 0 Å². The Morgan fingerprint density at radius 1 is 1.24 bits per heavy atom. The van der Waals surface area contributed by atoms with Crippen molar-refractivity contribution >= 4 is 11.6 Å². The average molecular weight is 289 g/mol. The predicted octanol–water partition coefficient (Wildman–Crippen LogP) is 2.52. The molecule has 2 atom stereocenters. The Labute approximate surface area is 127 Å². The van der Waals surface area contributed by atoms with Gasteiger partial charge >= 0.3 is 0 Å². The van der Waals surface area contributed by atoms with Crippen molar-refractivity contribution in [2.24, 2.45) is 11.7 Å². The van der Waals surface area contributed by atoms with Crippen molar-refractivity contribution in [3.05, 3.63) is 29.8 Å². The van der Waals surface area contributed by atoms with E-state index >= 15 is 0 Å². The van der Waals surface area contributed by atoms with Gasteiger partial charge in [-0.05, 0) is 36.5 Å². The summed E-state index contributed by atoms with van der Waals surface area (Å²) in [4.78, 5) is 13.7. The molecule has 0 aliphatic heterocycles. The van der Waals surface area contributed by atoms with Gasteiger partial charge in [0.2, 0.25) is 5.91 Å². The van der Waals surface area contributed by atoms with Crippen LogP contribution in [0.1, 0.15) is 44.6 Å². The molecule has 0 spiro atoms. The minimum absolute atomic E-state index is 0.245. The smallest absolute Gasteiger partial charge is 0.231 e. The molecule has 1 saturated carbocycles. The molecule has 4 heteroatoms. The van der Waals surface area contributed by atoms with Crippen molar-refractivity contribution in [1.82, 2.24) is 4.90 Å². The van der Waals surface area contributed by atoms with E-state index in [0.717, 1.165) is 12.2 Å². The number of nitrogens with two attached hydrogens (primary N) is 2. The predicted molar refractivity (Wildman–Crippen MR) is 86.5 cm³/mol. The molecule has 0 heterocycles. The Balaban J connectivity index is 2.12. The highest BCUT2D eigenvalue weighted by Gasteiger charge is 2.29. The van der Waals surface area contributed by atoms with Gasteiger partial charge in [-0.15, -0.1) is 0 Å². The van der Waals surface area contributed by atoms with E-state index in [2.05, 4.69) is 11.8 Å². The van der Waals surface area contributed by atoms with Crippen molar-refractivity contribution in [1.29, 1.82) is 0 Å². The lowest BCUT2D eigenvalue weighted by Crippen LogP contribution is -2.45. The van der Waals surface area contributed by atoms with E-state index in [1.165, 1.54) is 37.7 Å². The molecule has 0 radical (unpaired) electrons. The summed E-state index contributed by atoms with van der Waals surface area (Å²) < 4.78 is 0. The summed E-state index contributed by atoms with van der Waals surface area (Å²) in [6.45, 7) is 3.35. The summed E-state index contributed by atoms with van der Waals surface area (Å²) in [6, 6.07) is 8.36. The van der Waals surface area contributed by atoms with E-state index in [1.54, 1.807) is 0 Å². The molecule has 4 nitrogen and oxygen atoms in total. The maximum Gasteiger partial charge on any atom is 0.231 e. The molecule has 1 aliphatic carbocycles. The van der Waals surface area contributed by atoms with Gasteiger partial charge < -0.3 is 11.5 Å². The molecule has 1 aromatic carbocycles. The fourth-order valence-corrected chi connectivity index (χ4v) is 3.49. The first-order valence-corrected chi connectivity index (χ1v) is 7.97. The van der Waals surface area contributed by atoms with Gasteiger partial charge in [-0.2, -0.15) is 0 Å². The summed E-state index contributed by atoms with van der Waals surface area (Å²) in [6.07, 6.45) is 6.15. The van der Waals surface area contributed by atoms with Crippen molar-refractivity contribution < 1.29 is 4.79 Å². The second kappa shape index (κ2) is 7.46. The minimum atomic E-state index is -0.245. The van der Waals surface area contributed by atoms with E-state index in [4.69, 9.17) is 11.5 Å². The summed E-state index contributed by atoms with van der Waals surface area (Å²) in [5.74, 6) is 0.428. The number of anilines is 1. The molecule has 4 N–H and O–H groups in total. The van der Waals surface area contributed by atoms with Gasteiger partial charge in [0, 0.05) is 18.3 Å². The number of nitrogen functional groups attached to an aromatic ring is 1. The van der Waals surface area contributed by atoms with E-state index in [0.29, 0.717) is 18.5 Å². The van der Waals surface area contributed by atoms with E-state index in [9.17, 15) is 4.79 Å². The minimum Gasteiger partial charge on any atom is -0.399 e. The number of carbonyl (C=O) groups excluding carboxylic acids is 1. The Bertz CT molecular complexity index is 458. The number of amides is 1. The van der Waals surface area contributed by atoms with Gasteiger partial charge in [0.1, 0.15) is 0 Å². The number of hydrogen-bond donors (Lipinski definition) is 2. The molecule has 1 aromatic rings. The topological polar surface area (TPSA) is 72.3 Å². The Kier molecular flexibility index (Phi) is 5.62. The van der Waals surface area contributed by atoms with Crippen LogP contribution in [0.25, 0.3) is 0 Å². The van der Waals surface area contributed by atoms with Crippen LogP contribution in [0.5, 0.6) is 0 Å². The summed E-state index contributed by atoms with van der Waals surface area (Å²) >= 11 is 0. The molecular weight excluding hydrogens is 262 g/mol. The average Bonchev–Trinajstić information content (AvgIpc) is 2.48. The van der Waals surface area contributed by atoms with Crippen LogP contribution in [-0.2, 0) is 11.3 Å². The van der Waals surface area contributed by atoms with Crippen LogP contribution in [0, 0.1) is 5.92 Å². The third-order valence-corrected chi connectivity index (χ3v) is 4.59. The lowest BCUT2D eigenvalue weighted by atomic mass is 9.81. The highest BCUT2D eigenvalue weighted by molar-refractivity contribution is 5.76. The maximum atomic E-state index is 11.5. The second-order valence-corrected chi connectivity index (χ2v) is 6.13. The van der Waals surface area contributed by atoms with Crippen LogP contribution >= 0.6 is 0 Å². The molecule has 2 unspecified atom stereocenters. The molecule has 1 fully saturated rings. The number of benzene rings is 1. The summed E-state index contributed by atoms with van der Waals surface area (Å²) in [5.41, 5.74) is 13.2. The third kappa shape index (κ3) is 4.46. The first kappa shape index (κ1) is 15.8. The SMILES string of the molecule is CCC1CCCCC1N(CC(N)=O)Cc1ccc(N)cc1. The lowest BCUT2D eigenvalue weighted by Gasteiger charge is -2.39. The fraction of sp³-hybridized carbons (Fsp3) is 0.588. The van der Waals surface area contributed by atoms with Crippen molar-refractivity contribution in [3.63, 3.8) is 0 Å². The number of rotatable bonds is 6. The Hall–Kier alpha value is -1.55. The lowest BCUT2D eigenvalue weighted by molar-refractivity contribution is -0.120. The van der Waals surface area contributed by atoms with Crippen molar-refractivity contribution in [3.8, 4) is 0 Å². The van der Waals surface area contributed by atoms with E-state index in [1.807, 2.05) is 24.3 Å². The fourth-order valence-electron chi connectivity index (χ4n) is 3.49. The quantitative estimate of drug-likeness (QED) is 0.790. The zero-order chi connectivity index (χ0) is 15.2. The molecule has 0 saturated heterocycles. The molecule has 116 valence electrons. The first-order valence-electron chi connectivity index (χ1n) is 7.97. The van der Waals surface area contributed by atoms with Gasteiger partial charge in [0.25, 0.3) is 0 Å². The second-order valence-electron chi connectivity index (χ2n) is 6.13. The van der Waals surface area contributed by atoms with E-state index < -0.39 is 0 Å². The molecule has 0 aromatic heterocycles. The normalized spacial score (nSPS) is 22.4. The zero-order valence-corrected chi connectivity index (χ0v) is 12.9. The van der Waals surface area contributed by atoms with Crippen LogP contribution in [0.15, 0.2) is 24.3 Å². The van der Waals surface area contributed by atoms with Crippen LogP contribution in [0.4, 0.5) is 5.69 Å². The Morgan fingerprint density at radius 3 is 2.52 bits per heavy atom. The van der Waals surface area contributed by atoms with Gasteiger partial charge in [-0.1, -0.05) is 38.3 Å². The molecule has 1 aliphatic rings. The van der Waals surface area contributed by atoms with Gasteiger partial charge in [0.05, 0.1) is 6.54 Å². The molecule has 2 rings (SSSR count). The summed E-state index contributed by atoms with van der Waals surface area (Å²) in [5, 5.41) is 0. The highest BCUT2D eigenvalue weighted by Crippen LogP contribution is 2.31. The number of hydrogen-bond acceptors (Lipinski definition) is 3. The van der Waals surface area contributed by atoms with Crippen molar-refractivity contribution in [2.75, 3.05) is 12.3 Å². The standard InChI is InChI=1S/C17H27N3O/c1-2-14-5-3-4-6-16(14)20(12-17(19)21)11-13-7-9-15(18)10-8-13/h7-10,14,16H,2-6,11-12,18H2,1H3,(H2,19,21). The van der Waals surface area contributed by atoms with Crippen LogP contribution in [-0.4, -0.2) is 23.4 Å². The van der Waals surface area contributed by atoms with Crippen LogP contribution in [0.3, 0.4) is 0 Å². The van der Waals surface area contributed by atoms with Gasteiger partial charge in [0.15, 0.2) is 0 Å². The molecule has 0 bridgehead atoms. The highest BCUT2D eigenvalue weighted by atomic mass is 16.1. The monoisotopic (exact) mass is 289 g/mol. The number of nitrogens with zero attached hydrogens (tertiary/aromatic N) is 1.